The highest BCUT2D eigenvalue weighted by Gasteiger charge is 2.20. The van der Waals surface area contributed by atoms with Gasteiger partial charge in [0.05, 0.1) is 0 Å². The number of para-hydroxylation sites is 1. The third-order valence-electron chi connectivity index (χ3n) is 2.92. The average molecular weight is 199 g/mol. The van der Waals surface area contributed by atoms with Crippen LogP contribution >= 0.6 is 0 Å². The number of aliphatic imine (C=N–C) groups is 1. The molecule has 0 aliphatic carbocycles. The first-order chi connectivity index (χ1) is 7.25. The van der Waals surface area contributed by atoms with E-state index in [9.17, 15) is 0 Å². The van der Waals surface area contributed by atoms with Crippen molar-refractivity contribution >= 4 is 16.6 Å². The SMILES string of the molecule is CC1=NC(N)Cc2[nH]c3ccccc3c21. The Morgan fingerprint density at radius 3 is 3.07 bits per heavy atom. The fourth-order valence-corrected chi connectivity index (χ4v) is 2.33. The minimum Gasteiger partial charge on any atom is -0.358 e. The molecule has 1 aromatic carbocycles. The highest BCUT2D eigenvalue weighted by molar-refractivity contribution is 6.11. The van der Waals surface area contributed by atoms with Gasteiger partial charge in [0.25, 0.3) is 0 Å². The van der Waals surface area contributed by atoms with Gasteiger partial charge in [-0.3, -0.25) is 4.99 Å². The van der Waals surface area contributed by atoms with E-state index >= 15 is 0 Å². The Hall–Kier alpha value is -1.61. The smallest absolute Gasteiger partial charge is 0.103 e. The predicted molar refractivity (Wildman–Crippen MR) is 62.2 cm³/mol. The third-order valence-corrected chi connectivity index (χ3v) is 2.92. The second kappa shape index (κ2) is 2.94. The Morgan fingerprint density at radius 2 is 2.20 bits per heavy atom. The van der Waals surface area contributed by atoms with Crippen LogP contribution in [0.5, 0.6) is 0 Å². The number of aromatic nitrogens is 1. The standard InChI is InChI=1S/C12H13N3/c1-7-12-8-4-2-3-5-9(8)15-10(12)6-11(13)14-7/h2-5,11,15H,6,13H2,1H3. The monoisotopic (exact) mass is 199 g/mol. The molecule has 1 atom stereocenters. The molecule has 0 saturated carbocycles. The Morgan fingerprint density at radius 1 is 1.40 bits per heavy atom. The molecule has 0 bridgehead atoms. The maximum Gasteiger partial charge on any atom is 0.103 e. The zero-order chi connectivity index (χ0) is 10.4. The van der Waals surface area contributed by atoms with E-state index in [0.717, 1.165) is 12.1 Å². The number of aromatic amines is 1. The lowest BCUT2D eigenvalue weighted by atomic mass is 10.0. The molecule has 2 heterocycles. The Bertz CT molecular complexity index is 551. The number of hydrogen-bond acceptors (Lipinski definition) is 2. The summed E-state index contributed by atoms with van der Waals surface area (Å²) in [5.41, 5.74) is 10.5. The molecule has 0 saturated heterocycles. The summed E-state index contributed by atoms with van der Waals surface area (Å²) in [7, 11) is 0. The summed E-state index contributed by atoms with van der Waals surface area (Å²) in [5, 5.41) is 1.25. The van der Waals surface area contributed by atoms with Crippen molar-refractivity contribution < 1.29 is 0 Å². The van der Waals surface area contributed by atoms with E-state index in [1.165, 1.54) is 22.2 Å². The number of fused-ring (bicyclic) bond motifs is 3. The molecule has 3 rings (SSSR count). The van der Waals surface area contributed by atoms with Crippen molar-refractivity contribution in [1.82, 2.24) is 4.98 Å². The normalized spacial score (nSPS) is 20.1. The van der Waals surface area contributed by atoms with Crippen LogP contribution in [-0.2, 0) is 6.42 Å². The van der Waals surface area contributed by atoms with Gasteiger partial charge in [0, 0.05) is 34.3 Å². The highest BCUT2D eigenvalue weighted by atomic mass is 15.0. The summed E-state index contributed by atoms with van der Waals surface area (Å²) >= 11 is 0. The van der Waals surface area contributed by atoms with Gasteiger partial charge in [0.2, 0.25) is 0 Å². The average Bonchev–Trinajstić information content (AvgIpc) is 2.54. The first-order valence-corrected chi connectivity index (χ1v) is 5.15. The maximum atomic E-state index is 5.85. The quantitative estimate of drug-likeness (QED) is 0.668. The molecule has 0 amide bonds. The summed E-state index contributed by atoms with van der Waals surface area (Å²) < 4.78 is 0. The molecule has 3 nitrogen and oxygen atoms in total. The minimum absolute atomic E-state index is 0.0921. The second-order valence-corrected chi connectivity index (χ2v) is 4.01. The molecule has 0 spiro atoms. The van der Waals surface area contributed by atoms with Crippen LogP contribution in [0, 0.1) is 0 Å². The van der Waals surface area contributed by atoms with Crippen molar-refractivity contribution in [3.63, 3.8) is 0 Å². The summed E-state index contributed by atoms with van der Waals surface area (Å²) in [6, 6.07) is 8.31. The maximum absolute atomic E-state index is 5.85. The Balaban J connectivity index is 2.35. The van der Waals surface area contributed by atoms with Crippen LogP contribution in [0.1, 0.15) is 18.2 Å². The topological polar surface area (TPSA) is 54.2 Å². The van der Waals surface area contributed by atoms with E-state index < -0.39 is 0 Å². The van der Waals surface area contributed by atoms with E-state index in [2.05, 4.69) is 28.2 Å². The third kappa shape index (κ3) is 1.20. The largest absolute Gasteiger partial charge is 0.358 e. The van der Waals surface area contributed by atoms with Crippen LogP contribution in [0.3, 0.4) is 0 Å². The number of nitrogens with one attached hydrogen (secondary N) is 1. The van der Waals surface area contributed by atoms with Crippen LogP contribution in [0.2, 0.25) is 0 Å². The lowest BCUT2D eigenvalue weighted by molar-refractivity contribution is 0.684. The van der Waals surface area contributed by atoms with Crippen LogP contribution < -0.4 is 5.73 Å². The molecule has 3 heteroatoms. The van der Waals surface area contributed by atoms with Crippen LogP contribution in [-0.4, -0.2) is 16.9 Å². The molecular formula is C12H13N3. The van der Waals surface area contributed by atoms with Crippen LogP contribution in [0.25, 0.3) is 10.9 Å². The van der Waals surface area contributed by atoms with E-state index in [1.807, 2.05) is 13.0 Å². The Kier molecular flexibility index (Phi) is 1.70. The van der Waals surface area contributed by atoms with Gasteiger partial charge in [0.15, 0.2) is 0 Å². The van der Waals surface area contributed by atoms with Gasteiger partial charge in [-0.1, -0.05) is 18.2 Å². The second-order valence-electron chi connectivity index (χ2n) is 4.01. The molecule has 0 fully saturated rings. The van der Waals surface area contributed by atoms with Gasteiger partial charge in [-0.25, -0.2) is 0 Å². The van der Waals surface area contributed by atoms with Crippen molar-refractivity contribution in [3.8, 4) is 0 Å². The summed E-state index contributed by atoms with van der Waals surface area (Å²) in [6.07, 6.45) is 0.715. The highest BCUT2D eigenvalue weighted by Crippen LogP contribution is 2.26. The molecule has 0 radical (unpaired) electrons. The number of nitrogens with two attached hydrogens (primary N) is 1. The molecule has 1 aliphatic heterocycles. The van der Waals surface area contributed by atoms with Crippen molar-refractivity contribution in [2.75, 3.05) is 0 Å². The van der Waals surface area contributed by atoms with Gasteiger partial charge in [-0.15, -0.1) is 0 Å². The van der Waals surface area contributed by atoms with Crippen molar-refractivity contribution in [3.05, 3.63) is 35.5 Å². The van der Waals surface area contributed by atoms with Gasteiger partial charge >= 0.3 is 0 Å². The molecule has 76 valence electrons. The fourth-order valence-electron chi connectivity index (χ4n) is 2.33. The predicted octanol–water partition coefficient (Wildman–Crippen LogP) is 1.82. The molecule has 1 aromatic heterocycles. The van der Waals surface area contributed by atoms with E-state index in [-0.39, 0.29) is 6.17 Å². The van der Waals surface area contributed by atoms with E-state index in [1.54, 1.807) is 0 Å². The van der Waals surface area contributed by atoms with Crippen molar-refractivity contribution in [2.24, 2.45) is 10.7 Å². The number of hydrogen-bond donors (Lipinski definition) is 2. The number of benzene rings is 1. The first kappa shape index (κ1) is 8.68. The van der Waals surface area contributed by atoms with Gasteiger partial charge in [-0.05, 0) is 13.0 Å². The molecule has 1 unspecified atom stereocenters. The summed E-state index contributed by atoms with van der Waals surface area (Å²) in [4.78, 5) is 7.84. The van der Waals surface area contributed by atoms with Crippen LogP contribution in [0.15, 0.2) is 29.3 Å². The Labute approximate surface area is 88.0 Å². The lowest BCUT2D eigenvalue weighted by Gasteiger charge is -2.15. The number of H-pyrrole nitrogens is 1. The molecule has 2 aromatic rings. The number of nitrogens with zero attached hydrogens (tertiary/aromatic N) is 1. The summed E-state index contributed by atoms with van der Waals surface area (Å²) in [6.45, 7) is 2.03. The van der Waals surface area contributed by atoms with Gasteiger partial charge < -0.3 is 10.7 Å². The molecular weight excluding hydrogens is 186 g/mol. The summed E-state index contributed by atoms with van der Waals surface area (Å²) in [5.74, 6) is 0. The number of rotatable bonds is 0. The van der Waals surface area contributed by atoms with E-state index in [4.69, 9.17) is 5.73 Å². The molecule has 15 heavy (non-hydrogen) atoms. The zero-order valence-corrected chi connectivity index (χ0v) is 8.62. The minimum atomic E-state index is -0.0921. The van der Waals surface area contributed by atoms with Crippen molar-refractivity contribution in [1.29, 1.82) is 0 Å². The fraction of sp³-hybridized carbons (Fsp3) is 0.250. The van der Waals surface area contributed by atoms with Gasteiger partial charge in [-0.2, -0.15) is 0 Å². The van der Waals surface area contributed by atoms with Gasteiger partial charge in [0.1, 0.15) is 6.17 Å². The van der Waals surface area contributed by atoms with Crippen LogP contribution in [0.4, 0.5) is 0 Å². The first-order valence-electron chi connectivity index (χ1n) is 5.15. The zero-order valence-electron chi connectivity index (χ0n) is 8.62. The molecule has 3 N–H and O–H groups in total. The lowest BCUT2D eigenvalue weighted by Crippen LogP contribution is -2.26. The van der Waals surface area contributed by atoms with E-state index in [0.29, 0.717) is 0 Å². The van der Waals surface area contributed by atoms with Crippen molar-refractivity contribution in [2.45, 2.75) is 19.5 Å². The molecule has 1 aliphatic rings.